The van der Waals surface area contributed by atoms with Crippen LogP contribution >= 0.6 is 24.0 Å². The van der Waals surface area contributed by atoms with Crippen LogP contribution < -0.4 is 20.7 Å². The van der Waals surface area contributed by atoms with Crippen LogP contribution in [-0.2, 0) is 6.54 Å². The number of nitrogens with zero attached hydrogens (tertiary/aromatic N) is 2. The third-order valence-electron chi connectivity index (χ3n) is 5.62. The average molecular weight is 551 g/mol. The summed E-state index contributed by atoms with van der Waals surface area (Å²) in [5.41, 5.74) is 2.91. The van der Waals surface area contributed by atoms with Crippen molar-refractivity contribution in [1.82, 2.24) is 20.9 Å². The maximum atomic E-state index is 11.9. The zero-order valence-electron chi connectivity index (χ0n) is 19.1. The Kier molecular flexibility index (Phi) is 10.8. The second-order valence-electron chi connectivity index (χ2n) is 7.62. The predicted molar refractivity (Wildman–Crippen MR) is 140 cm³/mol. The number of methoxy groups -OCH3 is 1. The van der Waals surface area contributed by atoms with E-state index in [1.165, 1.54) is 18.4 Å². The molecule has 0 radical (unpaired) electrons. The third-order valence-corrected chi connectivity index (χ3v) is 5.62. The lowest BCUT2D eigenvalue weighted by molar-refractivity contribution is 0.0963. The molecule has 3 N–H and O–H groups in total. The maximum Gasteiger partial charge on any atom is 0.251 e. The number of ether oxygens (including phenoxy) is 1. The first-order valence-electron chi connectivity index (χ1n) is 10.8. The Morgan fingerprint density at radius 1 is 1.12 bits per heavy atom. The minimum Gasteiger partial charge on any atom is -0.497 e. The van der Waals surface area contributed by atoms with Gasteiger partial charge in [-0.25, -0.2) is 0 Å². The Morgan fingerprint density at radius 3 is 2.56 bits per heavy atom. The number of aliphatic imine (C=N–C) groups is 1. The van der Waals surface area contributed by atoms with E-state index in [1.54, 1.807) is 21.2 Å². The van der Waals surface area contributed by atoms with Gasteiger partial charge in [0.05, 0.1) is 13.2 Å². The number of halogens is 1. The number of likely N-dealkylation sites (tertiary alicyclic amines) is 1. The molecule has 1 aliphatic rings. The Bertz CT molecular complexity index is 899. The van der Waals surface area contributed by atoms with Gasteiger partial charge >= 0.3 is 0 Å². The van der Waals surface area contributed by atoms with Crippen LogP contribution in [0.25, 0.3) is 0 Å². The lowest BCUT2D eigenvalue weighted by Gasteiger charge is -2.29. The first-order chi connectivity index (χ1) is 15.1. The Balaban J connectivity index is 0.00000363. The minimum atomic E-state index is -0.0869. The number of carbonyl (C=O) groups is 1. The lowest BCUT2D eigenvalue weighted by atomic mass is 10.1. The van der Waals surface area contributed by atoms with Gasteiger partial charge in [0.1, 0.15) is 5.75 Å². The van der Waals surface area contributed by atoms with Crippen molar-refractivity contribution in [2.75, 3.05) is 40.8 Å². The smallest absolute Gasteiger partial charge is 0.251 e. The molecule has 2 aromatic carbocycles. The van der Waals surface area contributed by atoms with Crippen molar-refractivity contribution < 1.29 is 9.53 Å². The number of amides is 1. The molecule has 0 aromatic heterocycles. The fourth-order valence-corrected chi connectivity index (χ4v) is 3.93. The van der Waals surface area contributed by atoms with Gasteiger partial charge in [0.25, 0.3) is 5.91 Å². The van der Waals surface area contributed by atoms with E-state index in [0.29, 0.717) is 12.1 Å². The summed E-state index contributed by atoms with van der Waals surface area (Å²) in [5.74, 6) is 1.52. The second kappa shape index (κ2) is 13.3. The summed E-state index contributed by atoms with van der Waals surface area (Å²) in [6.45, 7) is 3.52. The number of guanidine groups is 1. The van der Waals surface area contributed by atoms with Crippen molar-refractivity contribution in [1.29, 1.82) is 0 Å². The fourth-order valence-electron chi connectivity index (χ4n) is 3.93. The number of hydrogen-bond donors (Lipinski definition) is 3. The van der Waals surface area contributed by atoms with Crippen LogP contribution in [0.5, 0.6) is 5.75 Å². The molecule has 0 bridgehead atoms. The lowest BCUT2D eigenvalue weighted by Crippen LogP contribution is -2.42. The molecule has 7 nitrogen and oxygen atoms in total. The number of carbonyl (C=O) groups excluding carboxylic acids is 1. The third kappa shape index (κ3) is 7.09. The monoisotopic (exact) mass is 551 g/mol. The van der Waals surface area contributed by atoms with Gasteiger partial charge in [-0.05, 0) is 61.3 Å². The molecule has 3 rings (SSSR count). The summed E-state index contributed by atoms with van der Waals surface area (Å²) >= 11 is 0. The zero-order valence-corrected chi connectivity index (χ0v) is 21.4. The van der Waals surface area contributed by atoms with Gasteiger partial charge in [0, 0.05) is 32.7 Å². The van der Waals surface area contributed by atoms with Crippen molar-refractivity contribution >= 4 is 35.8 Å². The molecule has 0 aliphatic carbocycles. The molecule has 8 heteroatoms. The summed E-state index contributed by atoms with van der Waals surface area (Å²) < 4.78 is 5.43. The number of benzene rings is 2. The predicted octanol–water partition coefficient (Wildman–Crippen LogP) is 3.17. The summed E-state index contributed by atoms with van der Waals surface area (Å²) in [6.07, 6.45) is 2.46. The van der Waals surface area contributed by atoms with Crippen LogP contribution in [0.15, 0.2) is 53.5 Å². The van der Waals surface area contributed by atoms with E-state index < -0.39 is 0 Å². The van der Waals surface area contributed by atoms with E-state index in [9.17, 15) is 4.79 Å². The summed E-state index contributed by atoms with van der Waals surface area (Å²) in [4.78, 5) is 18.8. The van der Waals surface area contributed by atoms with E-state index in [-0.39, 0.29) is 35.9 Å². The summed E-state index contributed by atoms with van der Waals surface area (Å²) in [5, 5.41) is 9.49. The highest BCUT2D eigenvalue weighted by molar-refractivity contribution is 14.0. The van der Waals surface area contributed by atoms with Crippen molar-refractivity contribution in [2.45, 2.75) is 25.4 Å². The molecule has 1 atom stereocenters. The zero-order chi connectivity index (χ0) is 22.1. The van der Waals surface area contributed by atoms with E-state index in [0.717, 1.165) is 36.9 Å². The highest BCUT2D eigenvalue weighted by Crippen LogP contribution is 2.27. The second-order valence-corrected chi connectivity index (χ2v) is 7.62. The molecule has 0 saturated carbocycles. The van der Waals surface area contributed by atoms with Crippen LogP contribution in [0.4, 0.5) is 0 Å². The summed E-state index contributed by atoms with van der Waals surface area (Å²) in [7, 11) is 5.11. The molecule has 0 spiro atoms. The van der Waals surface area contributed by atoms with Crippen LogP contribution in [-0.4, -0.2) is 57.6 Å². The SMILES string of the molecule is CN=C(NCc1cccc(C(=O)NC)c1)NCC(c1cccc(OC)c1)N1CCCC1.I. The molecule has 1 unspecified atom stereocenters. The van der Waals surface area contributed by atoms with Crippen molar-refractivity contribution in [3.63, 3.8) is 0 Å². The molecule has 2 aromatic rings. The molecular weight excluding hydrogens is 517 g/mol. The quantitative estimate of drug-likeness (QED) is 0.267. The van der Waals surface area contributed by atoms with Gasteiger partial charge in [-0.1, -0.05) is 24.3 Å². The molecule has 1 aliphatic heterocycles. The molecule has 32 heavy (non-hydrogen) atoms. The van der Waals surface area contributed by atoms with Crippen LogP contribution in [0.3, 0.4) is 0 Å². The molecule has 1 heterocycles. The first-order valence-corrected chi connectivity index (χ1v) is 10.8. The van der Waals surface area contributed by atoms with Gasteiger partial charge in [-0.3, -0.25) is 14.7 Å². The molecule has 1 fully saturated rings. The van der Waals surface area contributed by atoms with Crippen LogP contribution in [0, 0.1) is 0 Å². The van der Waals surface area contributed by atoms with Gasteiger partial charge in [-0.15, -0.1) is 24.0 Å². The van der Waals surface area contributed by atoms with E-state index in [2.05, 4.69) is 38.0 Å². The van der Waals surface area contributed by atoms with Crippen molar-refractivity contribution in [2.24, 2.45) is 4.99 Å². The number of rotatable bonds is 8. The number of nitrogens with one attached hydrogen (secondary N) is 3. The van der Waals surface area contributed by atoms with Crippen molar-refractivity contribution in [3.05, 3.63) is 65.2 Å². The molecule has 1 saturated heterocycles. The molecule has 174 valence electrons. The van der Waals surface area contributed by atoms with Gasteiger partial charge in [-0.2, -0.15) is 0 Å². The highest BCUT2D eigenvalue weighted by Gasteiger charge is 2.24. The number of hydrogen-bond acceptors (Lipinski definition) is 4. The van der Waals surface area contributed by atoms with Gasteiger partial charge in [0.2, 0.25) is 0 Å². The molecule has 1 amide bonds. The Morgan fingerprint density at radius 2 is 1.88 bits per heavy atom. The normalized spacial score (nSPS) is 14.9. The average Bonchev–Trinajstić information content (AvgIpc) is 3.35. The summed E-state index contributed by atoms with van der Waals surface area (Å²) in [6, 6.07) is 16.1. The maximum absolute atomic E-state index is 11.9. The van der Waals surface area contributed by atoms with Crippen LogP contribution in [0.2, 0.25) is 0 Å². The Hall–Kier alpha value is -2.33. The van der Waals surface area contributed by atoms with Crippen LogP contribution in [0.1, 0.15) is 40.4 Å². The topological polar surface area (TPSA) is 78.0 Å². The minimum absolute atomic E-state index is 0. The van der Waals surface area contributed by atoms with Crippen molar-refractivity contribution in [3.8, 4) is 5.75 Å². The standard InChI is InChI=1S/C24H33N5O2.HI/c1-25-23(30)20-10-6-8-18(14-20)16-27-24(26-2)28-17-22(29-12-4-5-13-29)19-9-7-11-21(15-19)31-3;/h6-11,14-15,22H,4-5,12-13,16-17H2,1-3H3,(H,25,30)(H2,26,27,28);1H. The highest BCUT2D eigenvalue weighted by atomic mass is 127. The first kappa shape index (κ1) is 25.9. The Labute approximate surface area is 208 Å². The van der Waals surface area contributed by atoms with E-state index in [4.69, 9.17) is 4.74 Å². The van der Waals surface area contributed by atoms with E-state index in [1.807, 2.05) is 36.4 Å². The largest absolute Gasteiger partial charge is 0.497 e. The van der Waals surface area contributed by atoms with Gasteiger partial charge in [0.15, 0.2) is 5.96 Å². The fraction of sp³-hybridized carbons (Fsp3) is 0.417. The van der Waals surface area contributed by atoms with Gasteiger partial charge < -0.3 is 20.7 Å². The molecular formula is C24H34IN5O2. The van der Waals surface area contributed by atoms with E-state index >= 15 is 0 Å².